The number of nitrogens with zero attached hydrogens (tertiary/aromatic N) is 6. The van der Waals surface area contributed by atoms with E-state index in [0.717, 1.165) is 37.1 Å². The molecule has 2 aromatic rings. The SMILES string of the molecule is CCCc1cc(CCC)n2nc(N3CCN(C(=O)OCC)CC3)nc2n1. The lowest BCUT2D eigenvalue weighted by Gasteiger charge is -2.33. The van der Waals surface area contributed by atoms with Gasteiger partial charge in [0.1, 0.15) is 0 Å². The van der Waals surface area contributed by atoms with E-state index in [1.54, 1.807) is 4.90 Å². The minimum atomic E-state index is -0.244. The van der Waals surface area contributed by atoms with Gasteiger partial charge in [-0.15, -0.1) is 5.10 Å². The molecule has 0 bridgehead atoms. The molecule has 3 heterocycles. The van der Waals surface area contributed by atoms with Crippen LogP contribution in [0.1, 0.15) is 45.0 Å². The number of rotatable bonds is 6. The van der Waals surface area contributed by atoms with Crippen molar-refractivity contribution in [2.45, 2.75) is 46.5 Å². The minimum Gasteiger partial charge on any atom is -0.450 e. The second-order valence-electron chi connectivity index (χ2n) is 6.54. The predicted molar refractivity (Wildman–Crippen MR) is 99.6 cm³/mol. The van der Waals surface area contributed by atoms with E-state index in [2.05, 4.69) is 34.8 Å². The fourth-order valence-electron chi connectivity index (χ4n) is 3.23. The van der Waals surface area contributed by atoms with Crippen molar-refractivity contribution < 1.29 is 9.53 Å². The lowest BCUT2D eigenvalue weighted by Crippen LogP contribution is -2.49. The number of hydrogen-bond acceptors (Lipinski definition) is 6. The molecular formula is C18H28N6O2. The fourth-order valence-corrected chi connectivity index (χ4v) is 3.23. The molecule has 0 aliphatic carbocycles. The highest BCUT2D eigenvalue weighted by Gasteiger charge is 2.24. The molecule has 0 atom stereocenters. The van der Waals surface area contributed by atoms with Gasteiger partial charge in [-0.3, -0.25) is 0 Å². The summed E-state index contributed by atoms with van der Waals surface area (Å²) >= 11 is 0. The first-order chi connectivity index (χ1) is 12.7. The van der Waals surface area contributed by atoms with E-state index in [1.807, 2.05) is 11.4 Å². The van der Waals surface area contributed by atoms with Gasteiger partial charge in [-0.25, -0.2) is 9.78 Å². The summed E-state index contributed by atoms with van der Waals surface area (Å²) in [5, 5.41) is 4.70. The van der Waals surface area contributed by atoms with E-state index < -0.39 is 0 Å². The number of anilines is 1. The van der Waals surface area contributed by atoms with Gasteiger partial charge in [-0.1, -0.05) is 26.7 Å². The molecule has 0 aromatic carbocycles. The Morgan fingerprint density at radius 2 is 1.81 bits per heavy atom. The standard InChI is InChI=1S/C18H28N6O2/c1-4-7-14-13-15(8-5-2)24-16(19-14)20-17(21-24)22-9-11-23(12-10-22)18(25)26-6-3/h13H,4-12H2,1-3H3. The van der Waals surface area contributed by atoms with Crippen molar-refractivity contribution in [2.75, 3.05) is 37.7 Å². The molecule has 0 unspecified atom stereocenters. The van der Waals surface area contributed by atoms with Gasteiger partial charge in [0.05, 0.1) is 6.61 Å². The Labute approximate surface area is 154 Å². The van der Waals surface area contributed by atoms with E-state index in [9.17, 15) is 4.79 Å². The van der Waals surface area contributed by atoms with E-state index >= 15 is 0 Å². The zero-order chi connectivity index (χ0) is 18.5. The van der Waals surface area contributed by atoms with Crippen molar-refractivity contribution >= 4 is 17.8 Å². The van der Waals surface area contributed by atoms with E-state index in [4.69, 9.17) is 9.84 Å². The number of ether oxygens (including phenoxy) is 1. The van der Waals surface area contributed by atoms with Crippen molar-refractivity contribution in [3.8, 4) is 0 Å². The summed E-state index contributed by atoms with van der Waals surface area (Å²) in [7, 11) is 0. The van der Waals surface area contributed by atoms with Gasteiger partial charge in [-0.05, 0) is 25.8 Å². The Hall–Kier alpha value is -2.38. The van der Waals surface area contributed by atoms with E-state index in [-0.39, 0.29) is 6.09 Å². The number of fused-ring (bicyclic) bond motifs is 1. The van der Waals surface area contributed by atoms with Crippen LogP contribution in [0.15, 0.2) is 6.07 Å². The Kier molecular flexibility index (Phi) is 5.90. The predicted octanol–water partition coefficient (Wildman–Crippen LogP) is 2.31. The third-order valence-corrected chi connectivity index (χ3v) is 4.53. The normalized spacial score (nSPS) is 14.9. The van der Waals surface area contributed by atoms with Crippen LogP contribution in [-0.2, 0) is 17.6 Å². The summed E-state index contributed by atoms with van der Waals surface area (Å²) in [6, 6.07) is 2.15. The average molecular weight is 360 g/mol. The van der Waals surface area contributed by atoms with Gasteiger partial charge >= 0.3 is 6.09 Å². The van der Waals surface area contributed by atoms with Crippen molar-refractivity contribution in [1.82, 2.24) is 24.5 Å². The number of carbonyl (C=O) groups is 1. The van der Waals surface area contributed by atoms with Gasteiger partial charge in [0.2, 0.25) is 5.95 Å². The maximum atomic E-state index is 11.8. The highest BCUT2D eigenvalue weighted by Crippen LogP contribution is 2.16. The molecule has 0 radical (unpaired) electrons. The first-order valence-corrected chi connectivity index (χ1v) is 9.58. The molecule has 142 valence electrons. The second kappa shape index (κ2) is 8.33. The molecule has 1 saturated heterocycles. The maximum Gasteiger partial charge on any atom is 0.409 e. The van der Waals surface area contributed by atoms with Gasteiger partial charge < -0.3 is 14.5 Å². The third kappa shape index (κ3) is 3.89. The van der Waals surface area contributed by atoms with Crippen LogP contribution < -0.4 is 4.90 Å². The summed E-state index contributed by atoms with van der Waals surface area (Å²) in [5.74, 6) is 1.36. The molecule has 1 amide bonds. The molecule has 3 rings (SSSR count). The zero-order valence-corrected chi connectivity index (χ0v) is 15.9. The van der Waals surface area contributed by atoms with Crippen LogP contribution in [0.25, 0.3) is 5.78 Å². The summed E-state index contributed by atoms with van der Waals surface area (Å²) in [4.78, 5) is 25.0. The van der Waals surface area contributed by atoms with Crippen molar-refractivity contribution in [1.29, 1.82) is 0 Å². The van der Waals surface area contributed by atoms with Crippen molar-refractivity contribution in [3.63, 3.8) is 0 Å². The first-order valence-electron chi connectivity index (χ1n) is 9.58. The van der Waals surface area contributed by atoms with Crippen LogP contribution in [0, 0.1) is 0 Å². The van der Waals surface area contributed by atoms with Crippen LogP contribution in [0.3, 0.4) is 0 Å². The molecule has 26 heavy (non-hydrogen) atoms. The topological polar surface area (TPSA) is 75.9 Å². The molecule has 1 fully saturated rings. The van der Waals surface area contributed by atoms with Crippen LogP contribution >= 0.6 is 0 Å². The molecule has 8 nitrogen and oxygen atoms in total. The number of carbonyl (C=O) groups excluding carboxylic acids is 1. The number of piperazine rings is 1. The number of aromatic nitrogens is 4. The number of aryl methyl sites for hydroxylation is 2. The first kappa shape index (κ1) is 18.4. The summed E-state index contributed by atoms with van der Waals surface area (Å²) < 4.78 is 6.94. The molecule has 0 spiro atoms. The Bertz CT molecular complexity index is 751. The number of amides is 1. The van der Waals surface area contributed by atoms with Crippen LogP contribution in [0.2, 0.25) is 0 Å². The van der Waals surface area contributed by atoms with Gasteiger partial charge in [-0.2, -0.15) is 9.50 Å². The van der Waals surface area contributed by atoms with Crippen LogP contribution in [-0.4, -0.2) is 63.4 Å². The minimum absolute atomic E-state index is 0.244. The average Bonchev–Trinajstić information content (AvgIpc) is 3.07. The van der Waals surface area contributed by atoms with Gasteiger partial charge in [0.25, 0.3) is 5.78 Å². The quantitative estimate of drug-likeness (QED) is 0.787. The Morgan fingerprint density at radius 3 is 2.46 bits per heavy atom. The van der Waals surface area contributed by atoms with Crippen molar-refractivity contribution in [2.24, 2.45) is 0 Å². The summed E-state index contributed by atoms with van der Waals surface area (Å²) in [5.41, 5.74) is 2.24. The lowest BCUT2D eigenvalue weighted by atomic mass is 10.2. The Morgan fingerprint density at radius 1 is 1.08 bits per heavy atom. The maximum absolute atomic E-state index is 11.8. The van der Waals surface area contributed by atoms with Crippen molar-refractivity contribution in [3.05, 3.63) is 17.5 Å². The monoisotopic (exact) mass is 360 g/mol. The van der Waals surface area contributed by atoms with E-state index in [0.29, 0.717) is 44.5 Å². The smallest absolute Gasteiger partial charge is 0.409 e. The lowest BCUT2D eigenvalue weighted by molar-refractivity contribution is 0.105. The Balaban J connectivity index is 1.79. The molecule has 0 N–H and O–H groups in total. The molecule has 0 saturated carbocycles. The highest BCUT2D eigenvalue weighted by molar-refractivity contribution is 5.68. The van der Waals surface area contributed by atoms with Crippen LogP contribution in [0.5, 0.6) is 0 Å². The fraction of sp³-hybridized carbons (Fsp3) is 0.667. The molecule has 1 aliphatic heterocycles. The molecule has 8 heteroatoms. The third-order valence-electron chi connectivity index (χ3n) is 4.53. The van der Waals surface area contributed by atoms with Gasteiger partial charge in [0, 0.05) is 37.6 Å². The molecule has 2 aromatic heterocycles. The highest BCUT2D eigenvalue weighted by atomic mass is 16.6. The zero-order valence-electron chi connectivity index (χ0n) is 15.9. The van der Waals surface area contributed by atoms with E-state index in [1.165, 1.54) is 0 Å². The molecular weight excluding hydrogens is 332 g/mol. The van der Waals surface area contributed by atoms with Crippen LogP contribution in [0.4, 0.5) is 10.7 Å². The number of hydrogen-bond donors (Lipinski definition) is 0. The van der Waals surface area contributed by atoms with Gasteiger partial charge in [0.15, 0.2) is 0 Å². The summed E-state index contributed by atoms with van der Waals surface area (Å²) in [6.07, 6.45) is 3.78. The molecule has 1 aliphatic rings. The largest absolute Gasteiger partial charge is 0.450 e. The second-order valence-corrected chi connectivity index (χ2v) is 6.54. The summed E-state index contributed by atoms with van der Waals surface area (Å²) in [6.45, 7) is 9.17.